The quantitative estimate of drug-likeness (QED) is 0.866. The molecule has 1 aliphatic rings. The number of amides is 1. The number of ether oxygens (including phenoxy) is 1. The molecular formula is C14H16ClNO4. The van der Waals surface area contributed by atoms with E-state index in [1.165, 1.54) is 0 Å². The molecule has 2 rings (SSSR count). The van der Waals surface area contributed by atoms with Gasteiger partial charge in [-0.05, 0) is 30.5 Å². The third-order valence-corrected chi connectivity index (χ3v) is 3.40. The Hall–Kier alpha value is -1.59. The van der Waals surface area contributed by atoms with Crippen LogP contribution < -0.4 is 5.32 Å². The number of carbonyl (C=O) groups excluding carboxylic acids is 1. The normalized spacial score (nSPS) is 19.6. The van der Waals surface area contributed by atoms with Gasteiger partial charge in [0.15, 0.2) is 0 Å². The number of carboxylic acid groups (broad SMARTS) is 1. The van der Waals surface area contributed by atoms with Gasteiger partial charge in [0.05, 0.1) is 0 Å². The van der Waals surface area contributed by atoms with Gasteiger partial charge in [0.1, 0.15) is 12.1 Å². The topological polar surface area (TPSA) is 75.6 Å². The van der Waals surface area contributed by atoms with Gasteiger partial charge in [0.25, 0.3) is 0 Å². The van der Waals surface area contributed by atoms with Gasteiger partial charge in [0, 0.05) is 18.1 Å². The molecule has 0 aromatic heterocycles. The molecular weight excluding hydrogens is 282 g/mol. The Balaban J connectivity index is 2.00. The number of carbonyl (C=O) groups is 2. The van der Waals surface area contributed by atoms with Gasteiger partial charge in [-0.1, -0.05) is 23.7 Å². The van der Waals surface area contributed by atoms with Crippen LogP contribution in [0.15, 0.2) is 24.3 Å². The van der Waals surface area contributed by atoms with Crippen LogP contribution in [0.3, 0.4) is 0 Å². The summed E-state index contributed by atoms with van der Waals surface area (Å²) in [6.45, 7) is 0.546. The zero-order chi connectivity index (χ0) is 14.5. The third kappa shape index (κ3) is 3.95. The van der Waals surface area contributed by atoms with E-state index in [2.05, 4.69) is 5.32 Å². The van der Waals surface area contributed by atoms with E-state index in [1.807, 2.05) is 0 Å². The van der Waals surface area contributed by atoms with Gasteiger partial charge >= 0.3 is 5.97 Å². The predicted octanol–water partition coefficient (Wildman–Crippen LogP) is 1.63. The van der Waals surface area contributed by atoms with Crippen molar-refractivity contribution in [1.29, 1.82) is 0 Å². The van der Waals surface area contributed by atoms with Crippen LogP contribution in [0.4, 0.5) is 0 Å². The fraction of sp³-hybridized carbons (Fsp3) is 0.429. The lowest BCUT2D eigenvalue weighted by Crippen LogP contribution is -2.46. The minimum Gasteiger partial charge on any atom is -0.480 e. The Labute approximate surface area is 121 Å². The summed E-state index contributed by atoms with van der Waals surface area (Å²) in [6.07, 6.45) is 1.12. The predicted molar refractivity (Wildman–Crippen MR) is 73.7 cm³/mol. The van der Waals surface area contributed by atoms with Gasteiger partial charge in [-0.15, -0.1) is 0 Å². The van der Waals surface area contributed by atoms with Crippen molar-refractivity contribution in [1.82, 2.24) is 5.32 Å². The molecule has 1 aliphatic heterocycles. The maximum Gasteiger partial charge on any atom is 0.326 e. The molecule has 0 bridgehead atoms. The number of hydrogen-bond acceptors (Lipinski definition) is 3. The van der Waals surface area contributed by atoms with E-state index in [1.54, 1.807) is 24.3 Å². The number of rotatable bonds is 5. The number of nitrogens with one attached hydrogen (secondary N) is 1. The number of aliphatic carboxylic acids is 1. The van der Waals surface area contributed by atoms with Crippen LogP contribution in [0, 0.1) is 0 Å². The van der Waals surface area contributed by atoms with Crippen molar-refractivity contribution in [3.05, 3.63) is 34.9 Å². The number of halogens is 1. The molecule has 2 atom stereocenters. The van der Waals surface area contributed by atoms with Crippen LogP contribution in [0.25, 0.3) is 0 Å². The first kappa shape index (κ1) is 14.8. The van der Waals surface area contributed by atoms with E-state index in [-0.39, 0.29) is 12.3 Å². The average Bonchev–Trinajstić information content (AvgIpc) is 2.91. The Morgan fingerprint density at radius 3 is 2.90 bits per heavy atom. The van der Waals surface area contributed by atoms with E-state index < -0.39 is 18.1 Å². The Morgan fingerprint density at radius 1 is 1.50 bits per heavy atom. The van der Waals surface area contributed by atoms with Gasteiger partial charge in [0.2, 0.25) is 5.91 Å². The second-order valence-electron chi connectivity index (χ2n) is 4.74. The zero-order valence-electron chi connectivity index (χ0n) is 10.8. The van der Waals surface area contributed by atoms with Gasteiger partial charge in [-0.3, -0.25) is 4.79 Å². The molecule has 6 heteroatoms. The maximum atomic E-state index is 11.9. The molecule has 0 aliphatic carbocycles. The van der Waals surface area contributed by atoms with Crippen molar-refractivity contribution in [2.24, 2.45) is 0 Å². The van der Waals surface area contributed by atoms with Crippen LogP contribution in [0.1, 0.15) is 18.4 Å². The molecule has 0 spiro atoms. The molecule has 108 valence electrons. The first-order valence-corrected chi connectivity index (χ1v) is 6.83. The number of hydrogen-bond donors (Lipinski definition) is 2. The van der Waals surface area contributed by atoms with Crippen molar-refractivity contribution < 1.29 is 19.4 Å². The van der Waals surface area contributed by atoms with Crippen molar-refractivity contribution >= 4 is 23.5 Å². The maximum absolute atomic E-state index is 11.9. The van der Waals surface area contributed by atoms with Crippen LogP contribution in [0.5, 0.6) is 0 Å². The lowest BCUT2D eigenvalue weighted by atomic mass is 10.1. The van der Waals surface area contributed by atoms with Crippen LogP contribution in [0.2, 0.25) is 5.02 Å². The lowest BCUT2D eigenvalue weighted by Gasteiger charge is -2.17. The molecule has 1 aromatic rings. The first-order chi connectivity index (χ1) is 9.56. The second kappa shape index (κ2) is 6.72. The molecule has 1 heterocycles. The average molecular weight is 298 g/mol. The monoisotopic (exact) mass is 297 g/mol. The SMILES string of the molecule is O=C(O)[C@H](Cc1cccc(Cl)c1)NC(=O)[C@@H]1CCCO1. The van der Waals surface area contributed by atoms with Crippen LogP contribution in [-0.2, 0) is 20.7 Å². The second-order valence-corrected chi connectivity index (χ2v) is 5.17. The molecule has 2 N–H and O–H groups in total. The molecule has 1 saturated heterocycles. The minimum atomic E-state index is -1.07. The standard InChI is InChI=1S/C14H16ClNO4/c15-10-4-1-3-9(7-10)8-11(14(18)19)16-13(17)12-5-2-6-20-12/h1,3-4,7,11-12H,2,5-6,8H2,(H,16,17)(H,18,19)/t11-,12-/m0/s1. The van der Waals surface area contributed by atoms with Gasteiger partial charge in [-0.25, -0.2) is 4.79 Å². The van der Waals surface area contributed by atoms with Crippen LogP contribution >= 0.6 is 11.6 Å². The van der Waals surface area contributed by atoms with Crippen molar-refractivity contribution in [3.8, 4) is 0 Å². The zero-order valence-corrected chi connectivity index (χ0v) is 11.6. The molecule has 0 radical (unpaired) electrons. The smallest absolute Gasteiger partial charge is 0.326 e. The highest BCUT2D eigenvalue weighted by molar-refractivity contribution is 6.30. The summed E-state index contributed by atoms with van der Waals surface area (Å²) >= 11 is 5.86. The summed E-state index contributed by atoms with van der Waals surface area (Å²) in [5.74, 6) is -1.44. The Bertz CT molecular complexity index is 500. The van der Waals surface area contributed by atoms with Gasteiger partial charge < -0.3 is 15.2 Å². The van der Waals surface area contributed by atoms with E-state index in [0.717, 1.165) is 12.0 Å². The highest BCUT2D eigenvalue weighted by atomic mass is 35.5. The summed E-state index contributed by atoms with van der Waals surface area (Å²) in [5, 5.41) is 12.3. The summed E-state index contributed by atoms with van der Waals surface area (Å²) in [7, 11) is 0. The van der Waals surface area contributed by atoms with Gasteiger partial charge in [-0.2, -0.15) is 0 Å². The molecule has 20 heavy (non-hydrogen) atoms. The first-order valence-electron chi connectivity index (χ1n) is 6.45. The summed E-state index contributed by atoms with van der Waals surface area (Å²) in [5.41, 5.74) is 0.762. The van der Waals surface area contributed by atoms with Crippen molar-refractivity contribution in [2.75, 3.05) is 6.61 Å². The van der Waals surface area contributed by atoms with Crippen LogP contribution in [-0.4, -0.2) is 35.7 Å². The summed E-state index contributed by atoms with van der Waals surface area (Å²) in [6, 6.07) is 5.95. The van der Waals surface area contributed by atoms with E-state index in [9.17, 15) is 14.7 Å². The minimum absolute atomic E-state index is 0.189. The van der Waals surface area contributed by atoms with Crippen molar-refractivity contribution in [3.63, 3.8) is 0 Å². The fourth-order valence-corrected chi connectivity index (χ4v) is 2.36. The Morgan fingerprint density at radius 2 is 2.30 bits per heavy atom. The van der Waals surface area contributed by atoms with E-state index in [0.29, 0.717) is 18.1 Å². The van der Waals surface area contributed by atoms with E-state index >= 15 is 0 Å². The largest absolute Gasteiger partial charge is 0.480 e. The van der Waals surface area contributed by atoms with Crippen molar-refractivity contribution in [2.45, 2.75) is 31.4 Å². The number of carboxylic acids is 1. The molecule has 0 unspecified atom stereocenters. The molecule has 1 aromatic carbocycles. The molecule has 1 fully saturated rings. The highest BCUT2D eigenvalue weighted by Gasteiger charge is 2.28. The molecule has 0 saturated carbocycles. The lowest BCUT2D eigenvalue weighted by molar-refractivity contribution is -0.143. The fourth-order valence-electron chi connectivity index (χ4n) is 2.15. The third-order valence-electron chi connectivity index (χ3n) is 3.17. The summed E-state index contributed by atoms with van der Waals surface area (Å²) in [4.78, 5) is 23.1. The molecule has 5 nitrogen and oxygen atoms in total. The van der Waals surface area contributed by atoms with E-state index in [4.69, 9.17) is 16.3 Å². The Kier molecular flexibility index (Phi) is 4.98. The molecule has 1 amide bonds. The number of benzene rings is 1. The highest BCUT2D eigenvalue weighted by Crippen LogP contribution is 2.14. The summed E-state index contributed by atoms with van der Waals surface area (Å²) < 4.78 is 5.24.